The van der Waals surface area contributed by atoms with Gasteiger partial charge in [0.25, 0.3) is 0 Å². The molecule has 0 saturated carbocycles. The summed E-state index contributed by atoms with van der Waals surface area (Å²) in [6, 6.07) is 4.01. The number of hydrogen-bond donors (Lipinski definition) is 0. The molecule has 0 spiro atoms. The second kappa shape index (κ2) is 6.51. The molecule has 0 amide bonds. The van der Waals surface area contributed by atoms with Gasteiger partial charge in [-0.25, -0.2) is 0 Å². The van der Waals surface area contributed by atoms with Gasteiger partial charge in [0, 0.05) is 10.4 Å². The Morgan fingerprint density at radius 2 is 2.06 bits per heavy atom. The van der Waals surface area contributed by atoms with Crippen LogP contribution in [0.25, 0.3) is 0 Å². The summed E-state index contributed by atoms with van der Waals surface area (Å²) in [5, 5.41) is 1.80. The molecule has 0 bridgehead atoms. The lowest BCUT2D eigenvalue weighted by Crippen LogP contribution is -2.00. The third-order valence-corrected chi connectivity index (χ3v) is 3.34. The first-order valence-corrected chi connectivity index (χ1v) is 7.02. The largest absolute Gasteiger partial charge is 0.496 e. The molecule has 0 unspecified atom stereocenters. The van der Waals surface area contributed by atoms with E-state index < -0.39 is 0 Å². The molecule has 0 aliphatic carbocycles. The summed E-state index contributed by atoms with van der Waals surface area (Å²) in [4.78, 5) is 0. The van der Waals surface area contributed by atoms with E-state index in [1.807, 2.05) is 12.1 Å². The maximum absolute atomic E-state index is 6.13. The molecule has 1 rings (SSSR count). The van der Waals surface area contributed by atoms with Crippen LogP contribution in [-0.2, 0) is 6.42 Å². The lowest BCUT2D eigenvalue weighted by molar-refractivity contribution is 0.402. The minimum atomic E-state index is 0.427. The first kappa shape index (κ1) is 13.9. The highest BCUT2D eigenvalue weighted by Crippen LogP contribution is 2.34. The van der Waals surface area contributed by atoms with Crippen LogP contribution < -0.4 is 4.74 Å². The summed E-state index contributed by atoms with van der Waals surface area (Å²) in [6.45, 7) is 4.31. The van der Waals surface area contributed by atoms with E-state index in [0.717, 1.165) is 28.9 Å². The summed E-state index contributed by atoms with van der Waals surface area (Å²) in [5.41, 5.74) is 2.40. The molecule has 1 aromatic rings. The van der Waals surface area contributed by atoms with Gasteiger partial charge in [0.15, 0.2) is 0 Å². The minimum Gasteiger partial charge on any atom is -0.496 e. The molecule has 1 aromatic carbocycles. The van der Waals surface area contributed by atoms with Gasteiger partial charge in [-0.2, -0.15) is 0 Å². The Bertz CT molecular complexity index is 350. The van der Waals surface area contributed by atoms with Crippen molar-refractivity contribution < 1.29 is 4.74 Å². The fourth-order valence-electron chi connectivity index (χ4n) is 1.79. The second-order valence-electron chi connectivity index (χ2n) is 4.13. The first-order chi connectivity index (χ1) is 7.60. The van der Waals surface area contributed by atoms with Crippen LogP contribution in [-0.4, -0.2) is 12.4 Å². The lowest BCUT2D eigenvalue weighted by atomic mass is 9.97. The molecule has 0 radical (unpaired) electrons. The minimum absolute atomic E-state index is 0.427. The van der Waals surface area contributed by atoms with Gasteiger partial charge in [-0.1, -0.05) is 41.4 Å². The van der Waals surface area contributed by atoms with E-state index in [4.69, 9.17) is 16.3 Å². The van der Waals surface area contributed by atoms with Crippen LogP contribution >= 0.6 is 27.5 Å². The van der Waals surface area contributed by atoms with Gasteiger partial charge in [-0.15, -0.1) is 0 Å². The molecule has 0 fully saturated rings. The summed E-state index contributed by atoms with van der Waals surface area (Å²) in [6.07, 6.45) is 2.09. The Hall–Kier alpha value is -0.210. The highest BCUT2D eigenvalue weighted by atomic mass is 79.9. The zero-order valence-electron chi connectivity index (χ0n) is 10.0. The van der Waals surface area contributed by atoms with Crippen molar-refractivity contribution in [3.8, 4) is 5.75 Å². The first-order valence-electron chi connectivity index (χ1n) is 5.52. The summed E-state index contributed by atoms with van der Waals surface area (Å²) < 4.78 is 5.52. The highest BCUT2D eigenvalue weighted by Gasteiger charge is 2.13. The zero-order valence-corrected chi connectivity index (χ0v) is 12.4. The van der Waals surface area contributed by atoms with Gasteiger partial charge in [-0.3, -0.25) is 0 Å². The predicted molar refractivity (Wildman–Crippen MR) is 74.2 cm³/mol. The number of halogens is 2. The van der Waals surface area contributed by atoms with Crippen LogP contribution in [0.1, 0.15) is 37.3 Å². The Balaban J connectivity index is 3.14. The van der Waals surface area contributed by atoms with Gasteiger partial charge in [0.2, 0.25) is 0 Å². The van der Waals surface area contributed by atoms with Gasteiger partial charge in [0.05, 0.1) is 7.11 Å². The van der Waals surface area contributed by atoms with Crippen LogP contribution in [0.15, 0.2) is 12.1 Å². The van der Waals surface area contributed by atoms with Gasteiger partial charge in [-0.05, 0) is 42.0 Å². The number of aryl methyl sites for hydroxylation is 1. The summed E-state index contributed by atoms with van der Waals surface area (Å²) >= 11 is 9.58. The van der Waals surface area contributed by atoms with E-state index in [2.05, 4.69) is 29.8 Å². The average Bonchev–Trinajstić information content (AvgIpc) is 2.25. The van der Waals surface area contributed by atoms with Crippen molar-refractivity contribution >= 4 is 27.5 Å². The number of benzene rings is 1. The lowest BCUT2D eigenvalue weighted by Gasteiger charge is -2.16. The van der Waals surface area contributed by atoms with Crippen molar-refractivity contribution in [1.82, 2.24) is 0 Å². The highest BCUT2D eigenvalue weighted by molar-refractivity contribution is 9.09. The monoisotopic (exact) mass is 304 g/mol. The zero-order chi connectivity index (χ0) is 12.1. The van der Waals surface area contributed by atoms with Crippen LogP contribution in [0.4, 0.5) is 0 Å². The Morgan fingerprint density at radius 3 is 2.56 bits per heavy atom. The number of rotatable bonds is 5. The van der Waals surface area contributed by atoms with Gasteiger partial charge in [0.1, 0.15) is 5.75 Å². The molecule has 3 heteroatoms. The molecular formula is C13H18BrClO. The number of hydrogen-bond acceptors (Lipinski definition) is 1. The summed E-state index contributed by atoms with van der Waals surface area (Å²) in [7, 11) is 1.73. The molecule has 0 aliphatic rings. The van der Waals surface area contributed by atoms with Gasteiger partial charge >= 0.3 is 0 Å². The smallest absolute Gasteiger partial charge is 0.125 e. The Kier molecular flexibility index (Phi) is 5.63. The van der Waals surface area contributed by atoms with Gasteiger partial charge < -0.3 is 4.74 Å². The fourth-order valence-corrected chi connectivity index (χ4v) is 2.32. The third-order valence-electron chi connectivity index (χ3n) is 2.57. The maximum atomic E-state index is 6.13. The molecule has 0 N–H and O–H groups in total. The molecule has 0 atom stereocenters. The number of methoxy groups -OCH3 is 1. The number of ether oxygens (including phenoxy) is 1. The average molecular weight is 306 g/mol. The molecular weight excluding hydrogens is 287 g/mol. The standard InChI is InChI=1S/C13H18BrClO/c1-9(2)12-8-11(15)7-10(5-4-6-14)13(12)16-3/h7-9H,4-6H2,1-3H3. The van der Waals surface area contributed by atoms with Crippen molar-refractivity contribution in [2.45, 2.75) is 32.6 Å². The topological polar surface area (TPSA) is 9.23 Å². The van der Waals surface area contributed by atoms with E-state index in [1.165, 1.54) is 11.1 Å². The van der Waals surface area contributed by atoms with Crippen molar-refractivity contribution in [2.24, 2.45) is 0 Å². The normalized spacial score (nSPS) is 10.9. The van der Waals surface area contributed by atoms with E-state index in [-0.39, 0.29) is 0 Å². The van der Waals surface area contributed by atoms with Crippen LogP contribution in [0.3, 0.4) is 0 Å². The van der Waals surface area contributed by atoms with Crippen LogP contribution in [0.2, 0.25) is 5.02 Å². The Morgan fingerprint density at radius 1 is 1.38 bits per heavy atom. The summed E-state index contributed by atoms with van der Waals surface area (Å²) in [5.74, 6) is 1.43. The van der Waals surface area contributed by atoms with Crippen molar-refractivity contribution in [3.63, 3.8) is 0 Å². The maximum Gasteiger partial charge on any atom is 0.125 e. The third kappa shape index (κ3) is 3.39. The molecule has 1 nitrogen and oxygen atoms in total. The molecule has 16 heavy (non-hydrogen) atoms. The Labute approximate surface area is 111 Å². The second-order valence-corrected chi connectivity index (χ2v) is 5.36. The fraction of sp³-hybridized carbons (Fsp3) is 0.538. The quantitative estimate of drug-likeness (QED) is 0.710. The molecule has 0 saturated heterocycles. The van der Waals surface area contributed by atoms with E-state index in [9.17, 15) is 0 Å². The van der Waals surface area contributed by atoms with Crippen molar-refractivity contribution in [2.75, 3.05) is 12.4 Å². The van der Waals surface area contributed by atoms with E-state index >= 15 is 0 Å². The molecule has 0 aromatic heterocycles. The molecule has 0 heterocycles. The molecule has 90 valence electrons. The van der Waals surface area contributed by atoms with E-state index in [0.29, 0.717) is 5.92 Å². The number of alkyl halides is 1. The van der Waals surface area contributed by atoms with Crippen molar-refractivity contribution in [1.29, 1.82) is 0 Å². The van der Waals surface area contributed by atoms with Crippen LogP contribution in [0.5, 0.6) is 5.75 Å². The predicted octanol–water partition coefficient (Wildman–Crippen LogP) is 4.80. The molecule has 0 aliphatic heterocycles. The SMILES string of the molecule is COc1c(CCCBr)cc(Cl)cc1C(C)C. The van der Waals surface area contributed by atoms with E-state index in [1.54, 1.807) is 7.11 Å². The van der Waals surface area contributed by atoms with Crippen molar-refractivity contribution in [3.05, 3.63) is 28.3 Å². The van der Waals surface area contributed by atoms with Crippen LogP contribution in [0, 0.1) is 0 Å².